The summed E-state index contributed by atoms with van der Waals surface area (Å²) in [6.45, 7) is 7.42. The number of aliphatic hydroxyl groups excluding tert-OH is 1. The first kappa shape index (κ1) is 15.3. The molecule has 2 rings (SSSR count). The van der Waals surface area contributed by atoms with Crippen LogP contribution in [0.15, 0.2) is 18.3 Å². The molecular formula is C17H28N2O. The van der Waals surface area contributed by atoms with Gasteiger partial charge in [0.25, 0.3) is 0 Å². The fourth-order valence-corrected chi connectivity index (χ4v) is 2.95. The van der Waals surface area contributed by atoms with E-state index in [0.717, 1.165) is 17.9 Å². The van der Waals surface area contributed by atoms with Crippen LogP contribution in [0.1, 0.15) is 64.5 Å². The van der Waals surface area contributed by atoms with Gasteiger partial charge in [-0.3, -0.25) is 0 Å². The van der Waals surface area contributed by atoms with Gasteiger partial charge < -0.3 is 10.0 Å². The van der Waals surface area contributed by atoms with Crippen LogP contribution < -0.4 is 4.90 Å². The highest BCUT2D eigenvalue weighted by Gasteiger charge is 2.24. The molecule has 3 heteroatoms. The standard InChI is InChI=1S/C17H28N2O/c1-13(2)9-11-19(16-6-4-5-7-16)17-12-15(14(3)20)8-10-18-17/h8,10,12-14,16,20H,4-7,9,11H2,1-3H3. The van der Waals surface area contributed by atoms with E-state index in [9.17, 15) is 5.11 Å². The first-order valence-corrected chi connectivity index (χ1v) is 7.98. The number of hydrogen-bond acceptors (Lipinski definition) is 3. The van der Waals surface area contributed by atoms with Gasteiger partial charge in [-0.1, -0.05) is 26.7 Å². The molecule has 0 amide bonds. The largest absolute Gasteiger partial charge is 0.389 e. The number of anilines is 1. The number of nitrogens with zero attached hydrogens (tertiary/aromatic N) is 2. The van der Waals surface area contributed by atoms with Crippen molar-refractivity contribution in [2.24, 2.45) is 5.92 Å². The van der Waals surface area contributed by atoms with Crippen LogP contribution in [0.4, 0.5) is 5.82 Å². The molecule has 112 valence electrons. The lowest BCUT2D eigenvalue weighted by atomic mass is 10.1. The molecule has 0 aliphatic heterocycles. The van der Waals surface area contributed by atoms with E-state index >= 15 is 0 Å². The Morgan fingerprint density at radius 2 is 2.00 bits per heavy atom. The van der Waals surface area contributed by atoms with Crippen LogP contribution in [0.2, 0.25) is 0 Å². The molecule has 20 heavy (non-hydrogen) atoms. The van der Waals surface area contributed by atoms with Crippen LogP contribution in [0, 0.1) is 5.92 Å². The maximum atomic E-state index is 9.77. The van der Waals surface area contributed by atoms with Crippen LogP contribution in [0.25, 0.3) is 0 Å². The summed E-state index contributed by atoms with van der Waals surface area (Å²) in [6.07, 6.45) is 7.81. The van der Waals surface area contributed by atoms with Crippen molar-refractivity contribution < 1.29 is 5.11 Å². The van der Waals surface area contributed by atoms with Gasteiger partial charge in [-0.2, -0.15) is 0 Å². The number of rotatable bonds is 6. The zero-order chi connectivity index (χ0) is 14.5. The molecule has 1 aromatic heterocycles. The predicted octanol–water partition coefficient (Wildman–Crippen LogP) is 3.93. The van der Waals surface area contributed by atoms with Gasteiger partial charge in [0.1, 0.15) is 5.82 Å². The van der Waals surface area contributed by atoms with Crippen LogP contribution in [0.3, 0.4) is 0 Å². The second-order valence-electron chi connectivity index (χ2n) is 6.44. The molecule has 0 bridgehead atoms. The third-order valence-corrected chi connectivity index (χ3v) is 4.26. The predicted molar refractivity (Wildman–Crippen MR) is 83.9 cm³/mol. The molecule has 0 radical (unpaired) electrons. The lowest BCUT2D eigenvalue weighted by Gasteiger charge is -2.31. The fraction of sp³-hybridized carbons (Fsp3) is 0.706. The summed E-state index contributed by atoms with van der Waals surface area (Å²) in [5.41, 5.74) is 0.961. The zero-order valence-electron chi connectivity index (χ0n) is 13.0. The highest BCUT2D eigenvalue weighted by molar-refractivity contribution is 5.43. The third kappa shape index (κ3) is 3.95. The summed E-state index contributed by atoms with van der Waals surface area (Å²) >= 11 is 0. The van der Waals surface area contributed by atoms with Gasteiger partial charge in [-0.05, 0) is 49.8 Å². The highest BCUT2D eigenvalue weighted by Crippen LogP contribution is 2.29. The topological polar surface area (TPSA) is 36.4 Å². The van der Waals surface area contributed by atoms with Crippen molar-refractivity contribution in [3.8, 4) is 0 Å². The summed E-state index contributed by atoms with van der Waals surface area (Å²) in [6, 6.07) is 4.60. The molecule has 1 aliphatic rings. The van der Waals surface area contributed by atoms with E-state index in [0.29, 0.717) is 12.0 Å². The molecule has 1 atom stereocenters. The van der Waals surface area contributed by atoms with E-state index in [1.54, 1.807) is 0 Å². The lowest BCUT2D eigenvalue weighted by molar-refractivity contribution is 0.199. The Labute approximate surface area is 123 Å². The Hall–Kier alpha value is -1.09. The molecule has 1 saturated carbocycles. The SMILES string of the molecule is CC(C)CCN(c1cc(C(C)O)ccn1)C1CCCC1. The molecule has 1 heterocycles. The molecule has 1 aliphatic carbocycles. The van der Waals surface area contributed by atoms with Crippen molar-refractivity contribution in [3.63, 3.8) is 0 Å². The molecule has 3 nitrogen and oxygen atoms in total. The van der Waals surface area contributed by atoms with Crippen molar-refractivity contribution in [2.45, 2.75) is 65.0 Å². The van der Waals surface area contributed by atoms with Gasteiger partial charge in [-0.15, -0.1) is 0 Å². The second-order valence-corrected chi connectivity index (χ2v) is 6.44. The van der Waals surface area contributed by atoms with Crippen molar-refractivity contribution in [3.05, 3.63) is 23.9 Å². The van der Waals surface area contributed by atoms with E-state index in [-0.39, 0.29) is 0 Å². The Morgan fingerprint density at radius 3 is 2.60 bits per heavy atom. The second kappa shape index (κ2) is 7.07. The van der Waals surface area contributed by atoms with E-state index < -0.39 is 6.10 Å². The smallest absolute Gasteiger partial charge is 0.129 e. The summed E-state index contributed by atoms with van der Waals surface area (Å²) in [5, 5.41) is 9.77. The number of pyridine rings is 1. The van der Waals surface area contributed by atoms with Gasteiger partial charge in [0, 0.05) is 18.8 Å². The average molecular weight is 276 g/mol. The van der Waals surface area contributed by atoms with Crippen LogP contribution in [-0.4, -0.2) is 22.7 Å². The fourth-order valence-electron chi connectivity index (χ4n) is 2.95. The van der Waals surface area contributed by atoms with Crippen LogP contribution in [0.5, 0.6) is 0 Å². The minimum Gasteiger partial charge on any atom is -0.389 e. The van der Waals surface area contributed by atoms with Gasteiger partial charge >= 0.3 is 0 Å². The monoisotopic (exact) mass is 276 g/mol. The molecule has 1 unspecified atom stereocenters. The average Bonchev–Trinajstić information content (AvgIpc) is 2.93. The Balaban J connectivity index is 2.18. The molecule has 0 saturated heterocycles. The van der Waals surface area contributed by atoms with E-state index in [4.69, 9.17) is 0 Å². The van der Waals surface area contributed by atoms with Gasteiger partial charge in [0.2, 0.25) is 0 Å². The minimum absolute atomic E-state index is 0.424. The van der Waals surface area contributed by atoms with Crippen molar-refractivity contribution in [2.75, 3.05) is 11.4 Å². The summed E-state index contributed by atoms with van der Waals surface area (Å²) in [7, 11) is 0. The number of hydrogen-bond donors (Lipinski definition) is 1. The normalized spacial score (nSPS) is 17.6. The van der Waals surface area contributed by atoms with E-state index in [1.807, 2.05) is 19.2 Å². The molecule has 0 spiro atoms. The maximum Gasteiger partial charge on any atom is 0.129 e. The van der Waals surface area contributed by atoms with Gasteiger partial charge in [-0.25, -0.2) is 4.98 Å². The third-order valence-electron chi connectivity index (χ3n) is 4.26. The Morgan fingerprint density at radius 1 is 1.30 bits per heavy atom. The quantitative estimate of drug-likeness (QED) is 0.855. The number of aromatic nitrogens is 1. The Kier molecular flexibility index (Phi) is 5.41. The molecular weight excluding hydrogens is 248 g/mol. The first-order valence-electron chi connectivity index (χ1n) is 7.98. The zero-order valence-corrected chi connectivity index (χ0v) is 13.0. The van der Waals surface area contributed by atoms with Gasteiger partial charge in [0.15, 0.2) is 0 Å². The number of aliphatic hydroxyl groups is 1. The molecule has 1 N–H and O–H groups in total. The summed E-state index contributed by atoms with van der Waals surface area (Å²) in [5.74, 6) is 1.75. The molecule has 1 fully saturated rings. The molecule has 1 aromatic rings. The van der Waals surface area contributed by atoms with Crippen molar-refractivity contribution in [1.29, 1.82) is 0 Å². The highest BCUT2D eigenvalue weighted by atomic mass is 16.3. The van der Waals surface area contributed by atoms with Crippen molar-refractivity contribution >= 4 is 5.82 Å². The summed E-state index contributed by atoms with van der Waals surface area (Å²) < 4.78 is 0. The van der Waals surface area contributed by atoms with Crippen LogP contribution >= 0.6 is 0 Å². The Bertz CT molecular complexity index is 411. The lowest BCUT2D eigenvalue weighted by Crippen LogP contribution is -2.35. The van der Waals surface area contributed by atoms with Crippen LogP contribution in [-0.2, 0) is 0 Å². The minimum atomic E-state index is -0.424. The van der Waals surface area contributed by atoms with Gasteiger partial charge in [0.05, 0.1) is 6.10 Å². The van der Waals surface area contributed by atoms with E-state index in [1.165, 1.54) is 32.1 Å². The summed E-state index contributed by atoms with van der Waals surface area (Å²) in [4.78, 5) is 7.03. The van der Waals surface area contributed by atoms with E-state index in [2.05, 4.69) is 29.8 Å². The maximum absolute atomic E-state index is 9.77. The first-order chi connectivity index (χ1) is 9.58. The van der Waals surface area contributed by atoms with Crippen molar-refractivity contribution in [1.82, 2.24) is 4.98 Å². The molecule has 0 aromatic carbocycles.